The monoisotopic (exact) mass is 261 g/mol. The van der Waals surface area contributed by atoms with Crippen molar-refractivity contribution in [1.82, 2.24) is 20.8 Å². The number of hydrogen-bond donors (Lipinski definition) is 2. The highest BCUT2D eigenvalue weighted by atomic mass is 15.4. The second-order valence-corrected chi connectivity index (χ2v) is 6.17. The lowest BCUT2D eigenvalue weighted by atomic mass is 9.71. The molecule has 0 saturated carbocycles. The highest BCUT2D eigenvalue weighted by Crippen LogP contribution is 2.38. The Morgan fingerprint density at radius 1 is 1.26 bits per heavy atom. The van der Waals surface area contributed by atoms with Crippen molar-refractivity contribution in [3.8, 4) is 0 Å². The molecule has 1 aromatic rings. The molecule has 0 radical (unpaired) electrons. The summed E-state index contributed by atoms with van der Waals surface area (Å²) in [7, 11) is 0. The van der Waals surface area contributed by atoms with Crippen LogP contribution in [0.4, 0.5) is 5.95 Å². The van der Waals surface area contributed by atoms with E-state index in [4.69, 9.17) is 0 Å². The first-order chi connectivity index (χ1) is 9.19. The van der Waals surface area contributed by atoms with Gasteiger partial charge in [0.15, 0.2) is 0 Å². The van der Waals surface area contributed by atoms with Crippen molar-refractivity contribution >= 4 is 5.95 Å². The average Bonchev–Trinajstić information content (AvgIpc) is 2.88. The molecule has 2 unspecified atom stereocenters. The van der Waals surface area contributed by atoms with Gasteiger partial charge in [-0.05, 0) is 30.2 Å². The highest BCUT2D eigenvalue weighted by Gasteiger charge is 2.42. The SMILES string of the molecule is CC1CNNC1C1(C)CCN(c2ncccn2)CC1. The van der Waals surface area contributed by atoms with Crippen LogP contribution in [0.2, 0.25) is 0 Å². The Hall–Kier alpha value is -1.20. The molecule has 3 heterocycles. The van der Waals surface area contributed by atoms with E-state index in [0.717, 1.165) is 25.6 Å². The molecule has 2 aliphatic heterocycles. The van der Waals surface area contributed by atoms with Crippen LogP contribution in [-0.2, 0) is 0 Å². The summed E-state index contributed by atoms with van der Waals surface area (Å²) in [6, 6.07) is 2.44. The zero-order valence-electron chi connectivity index (χ0n) is 11.8. The number of rotatable bonds is 2. The minimum absolute atomic E-state index is 0.369. The van der Waals surface area contributed by atoms with E-state index in [-0.39, 0.29) is 0 Å². The van der Waals surface area contributed by atoms with Crippen LogP contribution in [0.15, 0.2) is 18.5 Å². The van der Waals surface area contributed by atoms with Crippen LogP contribution in [0.25, 0.3) is 0 Å². The highest BCUT2D eigenvalue weighted by molar-refractivity contribution is 5.29. The summed E-state index contributed by atoms with van der Waals surface area (Å²) in [5, 5.41) is 0. The molecule has 0 spiro atoms. The third kappa shape index (κ3) is 2.44. The Kier molecular flexibility index (Phi) is 3.41. The topological polar surface area (TPSA) is 53.1 Å². The zero-order valence-corrected chi connectivity index (χ0v) is 11.8. The molecule has 2 aliphatic rings. The van der Waals surface area contributed by atoms with Gasteiger partial charge in [-0.15, -0.1) is 0 Å². The van der Waals surface area contributed by atoms with Crippen LogP contribution in [0.5, 0.6) is 0 Å². The van der Waals surface area contributed by atoms with E-state index < -0.39 is 0 Å². The third-order valence-corrected chi connectivity index (χ3v) is 4.74. The summed E-state index contributed by atoms with van der Waals surface area (Å²) in [5.74, 6) is 1.57. The lowest BCUT2D eigenvalue weighted by molar-refractivity contribution is 0.151. The first-order valence-corrected chi connectivity index (χ1v) is 7.19. The van der Waals surface area contributed by atoms with Crippen LogP contribution >= 0.6 is 0 Å². The van der Waals surface area contributed by atoms with Gasteiger partial charge in [-0.2, -0.15) is 0 Å². The number of nitrogens with one attached hydrogen (secondary N) is 2. The predicted molar refractivity (Wildman–Crippen MR) is 75.7 cm³/mol. The van der Waals surface area contributed by atoms with Gasteiger partial charge < -0.3 is 4.90 Å². The number of anilines is 1. The van der Waals surface area contributed by atoms with Gasteiger partial charge in [0.2, 0.25) is 5.95 Å². The van der Waals surface area contributed by atoms with Crippen molar-refractivity contribution in [3.05, 3.63) is 18.5 Å². The maximum Gasteiger partial charge on any atom is 0.225 e. The number of hydrogen-bond acceptors (Lipinski definition) is 5. The Bertz CT molecular complexity index is 413. The largest absolute Gasteiger partial charge is 0.341 e. The summed E-state index contributed by atoms with van der Waals surface area (Å²) in [6.45, 7) is 7.91. The van der Waals surface area contributed by atoms with E-state index in [9.17, 15) is 0 Å². The van der Waals surface area contributed by atoms with E-state index in [1.807, 2.05) is 18.5 Å². The fraction of sp³-hybridized carbons (Fsp3) is 0.714. The van der Waals surface area contributed by atoms with Gasteiger partial charge in [0.25, 0.3) is 0 Å². The van der Waals surface area contributed by atoms with Crippen molar-refractivity contribution in [3.63, 3.8) is 0 Å². The fourth-order valence-corrected chi connectivity index (χ4v) is 3.43. The smallest absolute Gasteiger partial charge is 0.225 e. The first-order valence-electron chi connectivity index (χ1n) is 7.19. The molecule has 2 N–H and O–H groups in total. The van der Waals surface area contributed by atoms with Crippen molar-refractivity contribution in [2.24, 2.45) is 11.3 Å². The lowest BCUT2D eigenvalue weighted by Crippen LogP contribution is -2.51. The summed E-state index contributed by atoms with van der Waals surface area (Å²) in [6.07, 6.45) is 6.02. The minimum Gasteiger partial charge on any atom is -0.341 e. The van der Waals surface area contributed by atoms with E-state index in [0.29, 0.717) is 17.4 Å². The standard InChI is InChI=1S/C14H23N5/c1-11-10-17-18-12(11)14(2)4-8-19(9-5-14)13-15-6-3-7-16-13/h3,6-7,11-12,17-18H,4-5,8-10H2,1-2H3. The third-order valence-electron chi connectivity index (χ3n) is 4.74. The second kappa shape index (κ2) is 5.06. The van der Waals surface area contributed by atoms with E-state index in [1.54, 1.807) is 0 Å². The van der Waals surface area contributed by atoms with Crippen LogP contribution in [0.3, 0.4) is 0 Å². The van der Waals surface area contributed by atoms with Gasteiger partial charge in [0.1, 0.15) is 0 Å². The van der Waals surface area contributed by atoms with Gasteiger partial charge in [-0.1, -0.05) is 13.8 Å². The quantitative estimate of drug-likeness (QED) is 0.838. The van der Waals surface area contributed by atoms with Crippen LogP contribution in [-0.4, -0.2) is 35.6 Å². The van der Waals surface area contributed by atoms with Gasteiger partial charge in [0, 0.05) is 38.1 Å². The van der Waals surface area contributed by atoms with E-state index in [1.165, 1.54) is 12.8 Å². The Labute approximate surface area is 114 Å². The number of nitrogens with zero attached hydrogens (tertiary/aromatic N) is 3. The molecule has 1 aromatic heterocycles. The zero-order chi connectivity index (χ0) is 13.3. The number of hydrazine groups is 1. The Morgan fingerprint density at radius 3 is 2.53 bits per heavy atom. The molecule has 5 heteroatoms. The van der Waals surface area contributed by atoms with Crippen LogP contribution in [0, 0.1) is 11.3 Å². The number of piperidine rings is 1. The molecule has 5 nitrogen and oxygen atoms in total. The van der Waals surface area contributed by atoms with E-state index >= 15 is 0 Å². The van der Waals surface area contributed by atoms with E-state index in [2.05, 4.69) is 39.6 Å². The van der Waals surface area contributed by atoms with Gasteiger partial charge >= 0.3 is 0 Å². The van der Waals surface area contributed by atoms with Gasteiger partial charge in [-0.25, -0.2) is 9.97 Å². The molecule has 19 heavy (non-hydrogen) atoms. The summed E-state index contributed by atoms with van der Waals surface area (Å²) < 4.78 is 0. The predicted octanol–water partition coefficient (Wildman–Crippen LogP) is 1.20. The minimum atomic E-state index is 0.369. The molecule has 0 bridgehead atoms. The summed E-state index contributed by atoms with van der Waals surface area (Å²) >= 11 is 0. The average molecular weight is 261 g/mol. The Balaban J connectivity index is 1.66. The second-order valence-electron chi connectivity index (χ2n) is 6.17. The molecular formula is C14H23N5. The molecule has 0 aliphatic carbocycles. The molecule has 2 atom stereocenters. The van der Waals surface area contributed by atoms with Crippen molar-refractivity contribution in [1.29, 1.82) is 0 Å². The molecule has 0 amide bonds. The number of aromatic nitrogens is 2. The van der Waals surface area contributed by atoms with Crippen molar-refractivity contribution in [2.45, 2.75) is 32.7 Å². The van der Waals surface area contributed by atoms with Crippen molar-refractivity contribution < 1.29 is 0 Å². The summed E-state index contributed by atoms with van der Waals surface area (Å²) in [4.78, 5) is 11.0. The lowest BCUT2D eigenvalue weighted by Gasteiger charge is -2.44. The summed E-state index contributed by atoms with van der Waals surface area (Å²) in [5.41, 5.74) is 7.14. The van der Waals surface area contributed by atoms with Crippen LogP contribution < -0.4 is 15.8 Å². The van der Waals surface area contributed by atoms with Gasteiger partial charge in [0.05, 0.1) is 0 Å². The Morgan fingerprint density at radius 2 is 1.95 bits per heavy atom. The maximum atomic E-state index is 4.35. The normalized spacial score (nSPS) is 30.5. The molecule has 0 aromatic carbocycles. The molecule has 104 valence electrons. The van der Waals surface area contributed by atoms with Crippen molar-refractivity contribution in [2.75, 3.05) is 24.5 Å². The first kappa shape index (κ1) is 12.8. The molecule has 2 fully saturated rings. The molecular weight excluding hydrogens is 238 g/mol. The molecule has 3 rings (SSSR count). The molecule has 2 saturated heterocycles. The fourth-order valence-electron chi connectivity index (χ4n) is 3.43. The van der Waals surface area contributed by atoms with Crippen LogP contribution in [0.1, 0.15) is 26.7 Å². The maximum absolute atomic E-state index is 4.35. The van der Waals surface area contributed by atoms with Gasteiger partial charge in [-0.3, -0.25) is 10.9 Å².